The predicted octanol–water partition coefficient (Wildman–Crippen LogP) is 3.44. The standard InChI is InChI=1S/C13H14ClNO3/c1-3-18-13(17)12(9(2)16)8-15-11-6-4-10(14)5-7-11/h4-8,16H,3H2,1-2H3. The normalized spacial score (nSPS) is 12.4. The third-order valence-corrected chi connectivity index (χ3v) is 2.31. The Morgan fingerprint density at radius 3 is 2.56 bits per heavy atom. The first-order chi connectivity index (χ1) is 8.54. The van der Waals surface area contributed by atoms with Crippen LogP contribution in [0.5, 0.6) is 0 Å². The van der Waals surface area contributed by atoms with E-state index >= 15 is 0 Å². The molecule has 0 spiro atoms. The Labute approximate surface area is 111 Å². The summed E-state index contributed by atoms with van der Waals surface area (Å²) < 4.78 is 4.80. The predicted molar refractivity (Wildman–Crippen MR) is 71.6 cm³/mol. The zero-order chi connectivity index (χ0) is 13.5. The lowest BCUT2D eigenvalue weighted by molar-refractivity contribution is -0.138. The van der Waals surface area contributed by atoms with Crippen molar-refractivity contribution < 1.29 is 14.6 Å². The number of hydrogen-bond acceptors (Lipinski definition) is 4. The number of esters is 1. The monoisotopic (exact) mass is 267 g/mol. The average Bonchev–Trinajstić information content (AvgIpc) is 2.31. The lowest BCUT2D eigenvalue weighted by Crippen LogP contribution is -2.10. The van der Waals surface area contributed by atoms with Crippen molar-refractivity contribution >= 4 is 29.5 Å². The van der Waals surface area contributed by atoms with Crippen LogP contribution in [-0.4, -0.2) is 23.9 Å². The summed E-state index contributed by atoms with van der Waals surface area (Å²) in [5, 5.41) is 10.0. The average molecular weight is 268 g/mol. The summed E-state index contributed by atoms with van der Waals surface area (Å²) in [4.78, 5) is 15.6. The maximum absolute atomic E-state index is 11.5. The molecule has 0 amide bonds. The van der Waals surface area contributed by atoms with Gasteiger partial charge in [-0.3, -0.25) is 4.99 Å². The molecule has 96 valence electrons. The molecule has 1 aromatic rings. The van der Waals surface area contributed by atoms with E-state index in [9.17, 15) is 9.90 Å². The van der Waals surface area contributed by atoms with Gasteiger partial charge >= 0.3 is 5.97 Å². The lowest BCUT2D eigenvalue weighted by Gasteiger charge is -2.03. The van der Waals surface area contributed by atoms with E-state index in [2.05, 4.69) is 4.99 Å². The molecule has 0 aliphatic rings. The molecule has 1 aromatic carbocycles. The van der Waals surface area contributed by atoms with Gasteiger partial charge < -0.3 is 9.84 Å². The van der Waals surface area contributed by atoms with E-state index in [1.807, 2.05) is 0 Å². The summed E-state index contributed by atoms with van der Waals surface area (Å²) in [6, 6.07) is 6.78. The van der Waals surface area contributed by atoms with Crippen LogP contribution in [0.15, 0.2) is 40.6 Å². The van der Waals surface area contributed by atoms with E-state index in [0.29, 0.717) is 10.7 Å². The highest BCUT2D eigenvalue weighted by atomic mass is 35.5. The van der Waals surface area contributed by atoms with Crippen LogP contribution < -0.4 is 0 Å². The number of benzene rings is 1. The van der Waals surface area contributed by atoms with E-state index < -0.39 is 5.97 Å². The molecule has 0 saturated heterocycles. The minimum Gasteiger partial charge on any atom is -0.512 e. The summed E-state index contributed by atoms with van der Waals surface area (Å²) in [6.45, 7) is 3.34. The molecule has 0 radical (unpaired) electrons. The number of aliphatic imine (C=N–C) groups is 1. The maximum atomic E-state index is 11.5. The summed E-state index contributed by atoms with van der Waals surface area (Å²) in [5.74, 6) is -0.735. The highest BCUT2D eigenvalue weighted by Gasteiger charge is 2.11. The SMILES string of the molecule is CCOC(=O)C(C=Nc1ccc(Cl)cc1)=C(C)O. The van der Waals surface area contributed by atoms with E-state index in [1.165, 1.54) is 13.1 Å². The number of carbonyl (C=O) groups is 1. The van der Waals surface area contributed by atoms with Crippen LogP contribution >= 0.6 is 11.6 Å². The van der Waals surface area contributed by atoms with Gasteiger partial charge in [-0.1, -0.05) is 11.6 Å². The highest BCUT2D eigenvalue weighted by molar-refractivity contribution is 6.30. The Kier molecular flexibility index (Phi) is 5.39. The number of carbonyl (C=O) groups excluding carboxylic acids is 1. The first-order valence-electron chi connectivity index (χ1n) is 5.41. The minimum atomic E-state index is -0.602. The summed E-state index contributed by atoms with van der Waals surface area (Å²) >= 11 is 5.74. The topological polar surface area (TPSA) is 58.9 Å². The first kappa shape index (κ1) is 14.3. The fourth-order valence-corrected chi connectivity index (χ4v) is 1.29. The smallest absolute Gasteiger partial charge is 0.343 e. The van der Waals surface area contributed by atoms with Crippen LogP contribution in [0.2, 0.25) is 5.02 Å². The molecule has 0 aliphatic heterocycles. The molecule has 1 N–H and O–H groups in total. The third-order valence-electron chi connectivity index (χ3n) is 2.05. The van der Waals surface area contributed by atoms with Gasteiger partial charge in [0.1, 0.15) is 11.3 Å². The molecule has 1 rings (SSSR count). The maximum Gasteiger partial charge on any atom is 0.343 e. The number of rotatable bonds is 4. The summed E-state index contributed by atoms with van der Waals surface area (Å²) in [7, 11) is 0. The van der Waals surface area contributed by atoms with Gasteiger partial charge in [0.15, 0.2) is 0 Å². The van der Waals surface area contributed by atoms with Crippen LogP contribution in [0, 0.1) is 0 Å². The van der Waals surface area contributed by atoms with Gasteiger partial charge in [0.05, 0.1) is 12.3 Å². The largest absolute Gasteiger partial charge is 0.512 e. The van der Waals surface area contributed by atoms with E-state index in [4.69, 9.17) is 16.3 Å². The Morgan fingerprint density at radius 1 is 1.44 bits per heavy atom. The fourth-order valence-electron chi connectivity index (χ4n) is 1.17. The number of aliphatic hydroxyl groups is 1. The molecular weight excluding hydrogens is 254 g/mol. The molecule has 0 bridgehead atoms. The van der Waals surface area contributed by atoms with Crippen LogP contribution in [0.3, 0.4) is 0 Å². The number of hydrogen-bond donors (Lipinski definition) is 1. The number of halogens is 1. The molecule has 5 heteroatoms. The van der Waals surface area contributed by atoms with Crippen LogP contribution in [0.25, 0.3) is 0 Å². The van der Waals surface area contributed by atoms with Crippen molar-refractivity contribution in [3.05, 3.63) is 40.6 Å². The zero-order valence-corrected chi connectivity index (χ0v) is 10.9. The first-order valence-corrected chi connectivity index (χ1v) is 5.79. The highest BCUT2D eigenvalue weighted by Crippen LogP contribution is 2.16. The molecule has 0 saturated carbocycles. The van der Waals surface area contributed by atoms with Gasteiger partial charge in [-0.15, -0.1) is 0 Å². The van der Waals surface area contributed by atoms with Gasteiger partial charge in [-0.25, -0.2) is 4.79 Å². The molecule has 0 fully saturated rings. The molecule has 0 atom stereocenters. The summed E-state index contributed by atoms with van der Waals surface area (Å²) in [6.07, 6.45) is 1.27. The van der Waals surface area contributed by atoms with Gasteiger partial charge in [-0.2, -0.15) is 0 Å². The number of allylic oxidation sites excluding steroid dienone is 1. The zero-order valence-electron chi connectivity index (χ0n) is 10.2. The van der Waals surface area contributed by atoms with Crippen molar-refractivity contribution in [1.29, 1.82) is 0 Å². The Morgan fingerprint density at radius 2 is 2.06 bits per heavy atom. The quantitative estimate of drug-likeness (QED) is 0.393. The molecule has 4 nitrogen and oxygen atoms in total. The van der Waals surface area contributed by atoms with Crippen LogP contribution in [0.1, 0.15) is 13.8 Å². The van der Waals surface area contributed by atoms with E-state index in [0.717, 1.165) is 0 Å². The van der Waals surface area contributed by atoms with Gasteiger partial charge in [0.2, 0.25) is 0 Å². The van der Waals surface area contributed by atoms with Crippen molar-refractivity contribution in [3.8, 4) is 0 Å². The van der Waals surface area contributed by atoms with Crippen molar-refractivity contribution in [3.63, 3.8) is 0 Å². The molecule has 0 aromatic heterocycles. The Hall–Kier alpha value is -1.81. The van der Waals surface area contributed by atoms with Gasteiger partial charge in [-0.05, 0) is 38.1 Å². The fraction of sp³-hybridized carbons (Fsp3) is 0.231. The Bertz CT molecular complexity index is 474. The third kappa shape index (κ3) is 4.22. The molecule has 0 heterocycles. The lowest BCUT2D eigenvalue weighted by atomic mass is 10.2. The summed E-state index contributed by atoms with van der Waals surface area (Å²) in [5.41, 5.74) is 0.661. The molecular formula is C13H14ClNO3. The Balaban J connectivity index is 2.88. The van der Waals surface area contributed by atoms with E-state index in [1.54, 1.807) is 31.2 Å². The van der Waals surface area contributed by atoms with Crippen LogP contribution in [0.4, 0.5) is 5.69 Å². The van der Waals surface area contributed by atoms with Crippen molar-refractivity contribution in [2.45, 2.75) is 13.8 Å². The number of nitrogens with zero attached hydrogens (tertiary/aromatic N) is 1. The van der Waals surface area contributed by atoms with Crippen molar-refractivity contribution in [2.75, 3.05) is 6.61 Å². The second kappa shape index (κ2) is 6.81. The number of ether oxygens (including phenoxy) is 1. The molecule has 0 unspecified atom stereocenters. The van der Waals surface area contributed by atoms with E-state index in [-0.39, 0.29) is 17.9 Å². The number of aliphatic hydroxyl groups excluding tert-OH is 1. The van der Waals surface area contributed by atoms with Crippen molar-refractivity contribution in [2.24, 2.45) is 4.99 Å². The van der Waals surface area contributed by atoms with Crippen LogP contribution in [-0.2, 0) is 9.53 Å². The van der Waals surface area contributed by atoms with Crippen molar-refractivity contribution in [1.82, 2.24) is 0 Å². The minimum absolute atomic E-state index is 0.0341. The molecule has 18 heavy (non-hydrogen) atoms. The van der Waals surface area contributed by atoms with Gasteiger partial charge in [0.25, 0.3) is 0 Å². The second-order valence-electron chi connectivity index (χ2n) is 3.45. The van der Waals surface area contributed by atoms with Gasteiger partial charge in [0, 0.05) is 11.2 Å². The second-order valence-corrected chi connectivity index (χ2v) is 3.89. The molecule has 0 aliphatic carbocycles.